The maximum atomic E-state index is 12.1. The number of alkyl halides is 3. The van der Waals surface area contributed by atoms with Crippen molar-refractivity contribution in [3.8, 4) is 0 Å². The average molecular weight is 240 g/mol. The SMILES string of the molecule is COC(=O)c1ccc([C@@H](O)C(F)(F)F)s1. The molecule has 1 aromatic rings. The van der Waals surface area contributed by atoms with Crippen LogP contribution in [0.1, 0.15) is 20.7 Å². The first kappa shape index (κ1) is 12.0. The van der Waals surface area contributed by atoms with Crippen molar-refractivity contribution in [3.05, 3.63) is 21.9 Å². The summed E-state index contributed by atoms with van der Waals surface area (Å²) in [6, 6.07) is 2.23. The normalized spacial score (nSPS) is 13.7. The van der Waals surface area contributed by atoms with Gasteiger partial charge in [0, 0.05) is 4.88 Å². The molecule has 0 aromatic carbocycles. The van der Waals surface area contributed by atoms with Crippen LogP contribution in [0.25, 0.3) is 0 Å². The molecule has 0 spiro atoms. The molecule has 0 fully saturated rings. The molecule has 84 valence electrons. The van der Waals surface area contributed by atoms with Gasteiger partial charge in [0.05, 0.1) is 7.11 Å². The topological polar surface area (TPSA) is 46.5 Å². The zero-order chi connectivity index (χ0) is 11.6. The number of aliphatic hydroxyl groups is 1. The molecule has 1 rings (SSSR count). The lowest BCUT2D eigenvalue weighted by Crippen LogP contribution is -2.18. The second-order valence-corrected chi connectivity index (χ2v) is 3.75. The third-order valence-corrected chi connectivity index (χ3v) is 2.71. The van der Waals surface area contributed by atoms with Gasteiger partial charge >= 0.3 is 12.1 Å². The molecule has 3 nitrogen and oxygen atoms in total. The van der Waals surface area contributed by atoms with E-state index in [1.165, 1.54) is 6.07 Å². The average Bonchev–Trinajstić information content (AvgIpc) is 2.62. The van der Waals surface area contributed by atoms with Crippen molar-refractivity contribution in [1.29, 1.82) is 0 Å². The van der Waals surface area contributed by atoms with Crippen LogP contribution in [-0.4, -0.2) is 24.4 Å². The molecule has 0 amide bonds. The largest absolute Gasteiger partial charge is 0.465 e. The maximum Gasteiger partial charge on any atom is 0.419 e. The molecule has 1 atom stereocenters. The first-order chi connectivity index (χ1) is 6.86. The van der Waals surface area contributed by atoms with E-state index in [1.807, 2.05) is 0 Å². The number of esters is 1. The van der Waals surface area contributed by atoms with E-state index >= 15 is 0 Å². The van der Waals surface area contributed by atoms with Crippen LogP contribution in [0.5, 0.6) is 0 Å². The Morgan fingerprint density at radius 1 is 1.53 bits per heavy atom. The lowest BCUT2D eigenvalue weighted by molar-refractivity contribution is -0.205. The summed E-state index contributed by atoms with van der Waals surface area (Å²) in [6.07, 6.45) is -7.28. The van der Waals surface area contributed by atoms with Crippen molar-refractivity contribution in [3.63, 3.8) is 0 Å². The van der Waals surface area contributed by atoms with Crippen molar-refractivity contribution in [1.82, 2.24) is 0 Å². The minimum atomic E-state index is -4.72. The quantitative estimate of drug-likeness (QED) is 0.805. The highest BCUT2D eigenvalue weighted by Crippen LogP contribution is 2.35. The summed E-state index contributed by atoms with van der Waals surface area (Å²) in [5.41, 5.74) is 0. The lowest BCUT2D eigenvalue weighted by atomic mass is 10.3. The highest BCUT2D eigenvalue weighted by molar-refractivity contribution is 7.14. The van der Waals surface area contributed by atoms with Crippen LogP contribution in [0.15, 0.2) is 12.1 Å². The Hall–Kier alpha value is -1.08. The summed E-state index contributed by atoms with van der Waals surface area (Å²) >= 11 is 0.556. The number of hydrogen-bond acceptors (Lipinski definition) is 4. The van der Waals surface area contributed by atoms with Gasteiger partial charge in [-0.15, -0.1) is 11.3 Å². The molecule has 0 unspecified atom stereocenters. The van der Waals surface area contributed by atoms with Crippen LogP contribution >= 0.6 is 11.3 Å². The van der Waals surface area contributed by atoms with E-state index in [4.69, 9.17) is 5.11 Å². The van der Waals surface area contributed by atoms with Gasteiger partial charge in [-0.2, -0.15) is 13.2 Å². The van der Waals surface area contributed by atoms with Gasteiger partial charge in [0.2, 0.25) is 0 Å². The summed E-state index contributed by atoms with van der Waals surface area (Å²) in [5, 5.41) is 8.86. The molecule has 0 radical (unpaired) electrons. The standard InChI is InChI=1S/C8H7F3O3S/c1-14-7(13)5-3-2-4(15-5)6(12)8(9,10)11/h2-3,6,12H,1H3/t6-/m1/s1. The van der Waals surface area contributed by atoms with Gasteiger partial charge in [-0.25, -0.2) is 4.79 Å². The molecular formula is C8H7F3O3S. The Balaban J connectivity index is 2.89. The highest BCUT2D eigenvalue weighted by Gasteiger charge is 2.40. The molecule has 0 aliphatic heterocycles. The Morgan fingerprint density at radius 3 is 2.60 bits per heavy atom. The zero-order valence-electron chi connectivity index (χ0n) is 7.54. The van der Waals surface area contributed by atoms with Gasteiger partial charge < -0.3 is 9.84 Å². The molecule has 1 N–H and O–H groups in total. The fraction of sp³-hybridized carbons (Fsp3) is 0.375. The van der Waals surface area contributed by atoms with Crippen molar-refractivity contribution in [2.45, 2.75) is 12.3 Å². The summed E-state index contributed by atoms with van der Waals surface area (Å²) in [6.45, 7) is 0. The van der Waals surface area contributed by atoms with Gasteiger partial charge in [-0.1, -0.05) is 0 Å². The predicted octanol–water partition coefficient (Wildman–Crippen LogP) is 2.13. The van der Waals surface area contributed by atoms with E-state index in [0.29, 0.717) is 11.3 Å². The molecule has 1 heterocycles. The van der Waals surface area contributed by atoms with E-state index in [9.17, 15) is 18.0 Å². The Labute approximate surface area is 87.1 Å². The summed E-state index contributed by atoms with van der Waals surface area (Å²) < 4.78 is 40.5. The number of aliphatic hydroxyl groups excluding tert-OH is 1. The van der Waals surface area contributed by atoms with Gasteiger partial charge in [0.1, 0.15) is 4.88 Å². The lowest BCUT2D eigenvalue weighted by Gasteiger charge is -2.11. The third-order valence-electron chi connectivity index (χ3n) is 1.59. The Morgan fingerprint density at radius 2 is 2.13 bits per heavy atom. The van der Waals surface area contributed by atoms with Crippen LogP contribution in [0.4, 0.5) is 13.2 Å². The van der Waals surface area contributed by atoms with Crippen molar-refractivity contribution < 1.29 is 27.8 Å². The molecule has 0 saturated carbocycles. The summed E-state index contributed by atoms with van der Waals surface area (Å²) in [4.78, 5) is 10.6. The zero-order valence-corrected chi connectivity index (χ0v) is 8.35. The van der Waals surface area contributed by atoms with Gasteiger partial charge in [0.25, 0.3) is 0 Å². The summed E-state index contributed by atoms with van der Waals surface area (Å²) in [7, 11) is 1.13. The molecule has 0 bridgehead atoms. The molecular weight excluding hydrogens is 233 g/mol. The second-order valence-electron chi connectivity index (χ2n) is 2.64. The minimum Gasteiger partial charge on any atom is -0.465 e. The number of thiophene rings is 1. The van der Waals surface area contributed by atoms with Crippen LogP contribution in [0, 0.1) is 0 Å². The number of carbonyl (C=O) groups is 1. The molecule has 0 aliphatic rings. The Bertz CT molecular complexity index is 358. The van der Waals surface area contributed by atoms with E-state index in [-0.39, 0.29) is 9.75 Å². The van der Waals surface area contributed by atoms with Crippen molar-refractivity contribution in [2.24, 2.45) is 0 Å². The smallest absolute Gasteiger partial charge is 0.419 e. The number of halogens is 3. The van der Waals surface area contributed by atoms with E-state index in [1.54, 1.807) is 0 Å². The molecule has 0 aliphatic carbocycles. The second kappa shape index (κ2) is 4.19. The van der Waals surface area contributed by atoms with Crippen molar-refractivity contribution >= 4 is 17.3 Å². The number of carbonyl (C=O) groups excluding carboxylic acids is 1. The van der Waals surface area contributed by atoms with E-state index in [2.05, 4.69) is 4.74 Å². The van der Waals surface area contributed by atoms with E-state index in [0.717, 1.165) is 13.2 Å². The first-order valence-corrected chi connectivity index (χ1v) is 4.60. The fourth-order valence-electron chi connectivity index (χ4n) is 0.871. The van der Waals surface area contributed by atoms with E-state index < -0.39 is 18.2 Å². The number of rotatable bonds is 2. The molecule has 15 heavy (non-hydrogen) atoms. The minimum absolute atomic E-state index is 0.0239. The first-order valence-electron chi connectivity index (χ1n) is 3.79. The molecule has 0 saturated heterocycles. The van der Waals surface area contributed by atoms with Gasteiger partial charge in [-0.3, -0.25) is 0 Å². The fourth-order valence-corrected chi connectivity index (χ4v) is 1.81. The number of methoxy groups -OCH3 is 1. The molecule has 7 heteroatoms. The van der Waals surface area contributed by atoms with Crippen LogP contribution in [-0.2, 0) is 4.74 Å². The summed E-state index contributed by atoms with van der Waals surface area (Å²) in [5.74, 6) is -0.722. The highest BCUT2D eigenvalue weighted by atomic mass is 32.1. The van der Waals surface area contributed by atoms with Crippen LogP contribution in [0.3, 0.4) is 0 Å². The van der Waals surface area contributed by atoms with Crippen LogP contribution in [0.2, 0.25) is 0 Å². The number of ether oxygens (including phenoxy) is 1. The van der Waals surface area contributed by atoms with Gasteiger partial charge in [0.15, 0.2) is 6.10 Å². The van der Waals surface area contributed by atoms with Crippen LogP contribution < -0.4 is 0 Å². The number of hydrogen-bond donors (Lipinski definition) is 1. The maximum absolute atomic E-state index is 12.1. The van der Waals surface area contributed by atoms with Crippen molar-refractivity contribution in [2.75, 3.05) is 7.11 Å². The van der Waals surface area contributed by atoms with Gasteiger partial charge in [-0.05, 0) is 12.1 Å². The third kappa shape index (κ3) is 2.69. The Kier molecular flexibility index (Phi) is 3.35. The predicted molar refractivity (Wildman–Crippen MR) is 46.7 cm³/mol. The monoisotopic (exact) mass is 240 g/mol. The molecule has 1 aromatic heterocycles.